The standard InChI is InChI=1S/C10H17N5S/c1-2-9-13-10(16-14-9)15(7-3-4-7)6-5-8(11)12/h7H,2-6H2,1H3,(H3,11,12). The van der Waals surface area contributed by atoms with E-state index in [2.05, 4.69) is 21.2 Å². The first-order chi connectivity index (χ1) is 7.70. The molecule has 0 spiro atoms. The molecule has 2 rings (SSSR count). The quantitative estimate of drug-likeness (QED) is 0.581. The normalized spacial score (nSPS) is 15.1. The van der Waals surface area contributed by atoms with Crippen LogP contribution >= 0.6 is 11.5 Å². The number of amidine groups is 1. The van der Waals surface area contributed by atoms with Gasteiger partial charge in [-0.15, -0.1) is 0 Å². The van der Waals surface area contributed by atoms with Crippen molar-refractivity contribution >= 4 is 22.5 Å². The second kappa shape index (κ2) is 4.78. The summed E-state index contributed by atoms with van der Waals surface area (Å²) in [6.07, 6.45) is 3.93. The number of aryl methyl sites for hydroxylation is 1. The minimum atomic E-state index is 0.242. The van der Waals surface area contributed by atoms with Gasteiger partial charge in [0.2, 0.25) is 5.13 Å². The highest BCUT2D eigenvalue weighted by Crippen LogP contribution is 2.32. The Balaban J connectivity index is 2.03. The van der Waals surface area contributed by atoms with E-state index in [1.807, 2.05) is 0 Å². The molecular weight excluding hydrogens is 222 g/mol. The number of hydrogen-bond acceptors (Lipinski definition) is 5. The third kappa shape index (κ3) is 2.69. The van der Waals surface area contributed by atoms with Gasteiger partial charge in [0.25, 0.3) is 0 Å². The van der Waals surface area contributed by atoms with Crippen molar-refractivity contribution in [3.63, 3.8) is 0 Å². The molecule has 1 fully saturated rings. The van der Waals surface area contributed by atoms with Crippen molar-refractivity contribution in [1.29, 1.82) is 5.41 Å². The van der Waals surface area contributed by atoms with E-state index in [-0.39, 0.29) is 5.84 Å². The molecule has 6 heteroatoms. The minimum absolute atomic E-state index is 0.242. The summed E-state index contributed by atoms with van der Waals surface area (Å²) in [6, 6.07) is 0.594. The molecule has 16 heavy (non-hydrogen) atoms. The van der Waals surface area contributed by atoms with E-state index >= 15 is 0 Å². The summed E-state index contributed by atoms with van der Waals surface area (Å²) in [4.78, 5) is 6.74. The predicted molar refractivity (Wildman–Crippen MR) is 66.2 cm³/mol. The SMILES string of the molecule is CCc1nsc(N(CCC(=N)N)C2CC2)n1. The van der Waals surface area contributed by atoms with Crippen LogP contribution in [0, 0.1) is 5.41 Å². The van der Waals surface area contributed by atoms with Crippen LogP contribution in [0.4, 0.5) is 5.13 Å². The molecule has 1 heterocycles. The van der Waals surface area contributed by atoms with Crippen LogP contribution < -0.4 is 10.6 Å². The highest BCUT2D eigenvalue weighted by Gasteiger charge is 2.31. The number of hydrogen-bond donors (Lipinski definition) is 2. The van der Waals surface area contributed by atoms with Crippen molar-refractivity contribution in [3.05, 3.63) is 5.82 Å². The van der Waals surface area contributed by atoms with E-state index in [1.54, 1.807) is 0 Å². The molecular formula is C10H17N5S. The minimum Gasteiger partial charge on any atom is -0.388 e. The maximum Gasteiger partial charge on any atom is 0.205 e. The molecule has 0 unspecified atom stereocenters. The Kier molecular flexibility index (Phi) is 3.38. The van der Waals surface area contributed by atoms with Gasteiger partial charge in [0, 0.05) is 37.0 Å². The molecule has 88 valence electrons. The van der Waals surface area contributed by atoms with Crippen LogP contribution in [0.15, 0.2) is 0 Å². The number of nitrogens with one attached hydrogen (secondary N) is 1. The lowest BCUT2D eigenvalue weighted by molar-refractivity contribution is 0.788. The topological polar surface area (TPSA) is 78.9 Å². The first kappa shape index (κ1) is 11.3. The van der Waals surface area contributed by atoms with Gasteiger partial charge in [-0.25, -0.2) is 4.98 Å². The fourth-order valence-electron chi connectivity index (χ4n) is 1.57. The van der Waals surface area contributed by atoms with Gasteiger partial charge in [0.1, 0.15) is 5.82 Å². The van der Waals surface area contributed by atoms with Gasteiger partial charge in [0.05, 0.1) is 5.84 Å². The fraction of sp³-hybridized carbons (Fsp3) is 0.700. The summed E-state index contributed by atoms with van der Waals surface area (Å²) in [5.41, 5.74) is 5.39. The zero-order valence-corrected chi connectivity index (χ0v) is 10.3. The predicted octanol–water partition coefficient (Wildman–Crippen LogP) is 1.40. The molecule has 1 saturated carbocycles. The van der Waals surface area contributed by atoms with Gasteiger partial charge < -0.3 is 10.6 Å². The Bertz CT molecular complexity index is 371. The molecule has 0 bridgehead atoms. The van der Waals surface area contributed by atoms with Gasteiger partial charge in [-0.2, -0.15) is 4.37 Å². The van der Waals surface area contributed by atoms with E-state index in [0.29, 0.717) is 12.5 Å². The van der Waals surface area contributed by atoms with Crippen molar-refractivity contribution in [2.75, 3.05) is 11.4 Å². The molecule has 1 aromatic heterocycles. The van der Waals surface area contributed by atoms with Crippen LogP contribution in [0.25, 0.3) is 0 Å². The third-order valence-electron chi connectivity index (χ3n) is 2.63. The van der Waals surface area contributed by atoms with Crippen molar-refractivity contribution in [2.45, 2.75) is 38.6 Å². The monoisotopic (exact) mass is 239 g/mol. The molecule has 1 aromatic rings. The lowest BCUT2D eigenvalue weighted by Crippen LogP contribution is -2.29. The molecule has 1 aliphatic rings. The molecule has 3 N–H and O–H groups in total. The fourth-order valence-corrected chi connectivity index (χ4v) is 2.41. The van der Waals surface area contributed by atoms with Crippen molar-refractivity contribution in [2.24, 2.45) is 5.73 Å². The molecule has 0 aromatic carbocycles. The number of nitrogens with zero attached hydrogens (tertiary/aromatic N) is 3. The lowest BCUT2D eigenvalue weighted by Gasteiger charge is -2.20. The summed E-state index contributed by atoms with van der Waals surface area (Å²) >= 11 is 1.46. The summed E-state index contributed by atoms with van der Waals surface area (Å²) < 4.78 is 4.30. The number of nitrogens with two attached hydrogens (primary N) is 1. The van der Waals surface area contributed by atoms with Gasteiger partial charge in [-0.3, -0.25) is 5.41 Å². The molecule has 5 nitrogen and oxygen atoms in total. The van der Waals surface area contributed by atoms with Crippen LogP contribution in [-0.4, -0.2) is 27.8 Å². The Morgan fingerprint density at radius 2 is 2.38 bits per heavy atom. The number of anilines is 1. The van der Waals surface area contributed by atoms with Crippen LogP contribution in [0.3, 0.4) is 0 Å². The first-order valence-electron chi connectivity index (χ1n) is 5.62. The highest BCUT2D eigenvalue weighted by atomic mass is 32.1. The van der Waals surface area contributed by atoms with E-state index < -0.39 is 0 Å². The molecule has 0 radical (unpaired) electrons. The van der Waals surface area contributed by atoms with Crippen molar-refractivity contribution in [3.8, 4) is 0 Å². The molecule has 0 aliphatic heterocycles. The molecule has 0 saturated heterocycles. The first-order valence-corrected chi connectivity index (χ1v) is 6.40. The lowest BCUT2D eigenvalue weighted by atomic mass is 10.3. The Morgan fingerprint density at radius 1 is 1.62 bits per heavy atom. The second-order valence-electron chi connectivity index (χ2n) is 4.05. The van der Waals surface area contributed by atoms with Gasteiger partial charge >= 0.3 is 0 Å². The van der Waals surface area contributed by atoms with E-state index in [1.165, 1.54) is 24.4 Å². The van der Waals surface area contributed by atoms with E-state index in [9.17, 15) is 0 Å². The van der Waals surface area contributed by atoms with Crippen molar-refractivity contribution < 1.29 is 0 Å². The zero-order valence-electron chi connectivity index (χ0n) is 9.44. The van der Waals surface area contributed by atoms with Gasteiger partial charge in [-0.1, -0.05) is 6.92 Å². The summed E-state index contributed by atoms with van der Waals surface area (Å²) in [7, 11) is 0. The van der Waals surface area contributed by atoms with E-state index in [0.717, 1.165) is 23.9 Å². The van der Waals surface area contributed by atoms with Crippen LogP contribution in [0.1, 0.15) is 32.0 Å². The maximum absolute atomic E-state index is 7.27. The van der Waals surface area contributed by atoms with Crippen LogP contribution in [0.5, 0.6) is 0 Å². The Morgan fingerprint density at radius 3 is 2.88 bits per heavy atom. The Hall–Kier alpha value is -1.17. The van der Waals surface area contributed by atoms with Crippen molar-refractivity contribution in [1.82, 2.24) is 9.36 Å². The maximum atomic E-state index is 7.27. The van der Waals surface area contributed by atoms with E-state index in [4.69, 9.17) is 11.1 Å². The molecule has 0 atom stereocenters. The zero-order chi connectivity index (χ0) is 11.5. The average Bonchev–Trinajstić information content (AvgIpc) is 2.96. The molecule has 0 amide bonds. The Labute approximate surface area is 99.4 Å². The smallest absolute Gasteiger partial charge is 0.205 e. The summed E-state index contributed by atoms with van der Waals surface area (Å²) in [5.74, 6) is 1.15. The number of rotatable bonds is 6. The van der Waals surface area contributed by atoms with Gasteiger partial charge in [0.15, 0.2) is 0 Å². The van der Waals surface area contributed by atoms with Crippen LogP contribution in [0.2, 0.25) is 0 Å². The average molecular weight is 239 g/mol. The molecule has 1 aliphatic carbocycles. The summed E-state index contributed by atoms with van der Waals surface area (Å²) in [5, 5.41) is 8.26. The number of aromatic nitrogens is 2. The largest absolute Gasteiger partial charge is 0.388 e. The van der Waals surface area contributed by atoms with Crippen LogP contribution in [-0.2, 0) is 6.42 Å². The second-order valence-corrected chi connectivity index (χ2v) is 4.78. The van der Waals surface area contributed by atoms with Gasteiger partial charge in [-0.05, 0) is 12.8 Å². The highest BCUT2D eigenvalue weighted by molar-refractivity contribution is 7.09. The third-order valence-corrected chi connectivity index (χ3v) is 3.42. The summed E-state index contributed by atoms with van der Waals surface area (Å²) in [6.45, 7) is 2.85.